The number of carbonyl (C=O) groups excluding carboxylic acids is 2. The van der Waals surface area contributed by atoms with Crippen LogP contribution in [0.3, 0.4) is 0 Å². The molecule has 1 N–H and O–H groups in total. The van der Waals surface area contributed by atoms with Crippen LogP contribution in [0.2, 0.25) is 0 Å². The van der Waals surface area contributed by atoms with E-state index < -0.39 is 5.91 Å². The summed E-state index contributed by atoms with van der Waals surface area (Å²) in [6.07, 6.45) is 5.05. The minimum absolute atomic E-state index is 0.0837. The van der Waals surface area contributed by atoms with E-state index in [9.17, 15) is 14.4 Å². The molecule has 4 heterocycles. The van der Waals surface area contributed by atoms with Gasteiger partial charge in [0.1, 0.15) is 5.69 Å². The number of fused-ring (bicyclic) bond motifs is 2. The Balaban J connectivity index is 1.30. The highest BCUT2D eigenvalue weighted by molar-refractivity contribution is 9.10. The summed E-state index contributed by atoms with van der Waals surface area (Å²) < 4.78 is 5.86. The molecule has 0 saturated carbocycles. The first kappa shape index (κ1) is 30.3. The lowest BCUT2D eigenvalue weighted by Gasteiger charge is -2.34. The Morgan fingerprint density at radius 1 is 1.00 bits per heavy atom. The van der Waals surface area contributed by atoms with Crippen LogP contribution in [0.15, 0.2) is 94.7 Å². The molecule has 0 aliphatic carbocycles. The van der Waals surface area contributed by atoms with E-state index >= 15 is 0 Å². The van der Waals surface area contributed by atoms with Gasteiger partial charge in [0.2, 0.25) is 0 Å². The molecular formula is C35H31BrN8O3. The molecule has 1 aliphatic rings. The molecule has 3 aromatic heterocycles. The molecule has 0 radical (unpaired) electrons. The van der Waals surface area contributed by atoms with Gasteiger partial charge in [-0.25, -0.2) is 19.7 Å². The highest BCUT2D eigenvalue weighted by Gasteiger charge is 2.35. The fourth-order valence-corrected chi connectivity index (χ4v) is 6.41. The van der Waals surface area contributed by atoms with Gasteiger partial charge in [0.05, 0.1) is 35.3 Å². The van der Waals surface area contributed by atoms with Crippen molar-refractivity contribution in [3.05, 3.63) is 128 Å². The van der Waals surface area contributed by atoms with E-state index in [4.69, 9.17) is 0 Å². The molecule has 0 spiro atoms. The number of halogens is 1. The van der Waals surface area contributed by atoms with Crippen LogP contribution in [0.4, 0.5) is 0 Å². The van der Waals surface area contributed by atoms with Crippen molar-refractivity contribution in [2.45, 2.75) is 39.5 Å². The second kappa shape index (κ2) is 12.1. The standard InChI is InChI=1S/C35H31BrN8O3/c1-21-15-23(9-11-27(21)36)34(46)42-19-30-31(33(45)39-17-24-7-4-5-8-26(24)32-37-13-6-14-38-32)44(35(47)43(30)18-22(42)2)25-10-12-29-28(16-25)40-20-41(29)3/h4-16,20,22H,17-19H2,1-3H3,(H,39,45)/t22-/m0/s1. The fraction of sp³-hybridized carbons (Fsp3) is 0.200. The van der Waals surface area contributed by atoms with E-state index in [-0.39, 0.29) is 43.0 Å². The number of aromatic nitrogens is 6. The zero-order valence-electron chi connectivity index (χ0n) is 26.0. The first-order valence-electron chi connectivity index (χ1n) is 15.2. The van der Waals surface area contributed by atoms with Gasteiger partial charge in [0.25, 0.3) is 11.8 Å². The average Bonchev–Trinajstić information content (AvgIpc) is 3.60. The Kier molecular flexibility index (Phi) is 7.80. The maximum absolute atomic E-state index is 14.3. The number of amides is 2. The van der Waals surface area contributed by atoms with E-state index in [1.54, 1.807) is 46.4 Å². The molecule has 2 amide bonds. The summed E-state index contributed by atoms with van der Waals surface area (Å²) in [5, 5.41) is 3.05. The number of aryl methyl sites for hydroxylation is 2. The van der Waals surface area contributed by atoms with E-state index in [1.165, 1.54) is 4.57 Å². The summed E-state index contributed by atoms with van der Waals surface area (Å²) in [5.74, 6) is -0.0646. The van der Waals surface area contributed by atoms with Gasteiger partial charge in [-0.05, 0) is 67.4 Å². The third-order valence-corrected chi connectivity index (χ3v) is 9.55. The van der Waals surface area contributed by atoms with Gasteiger partial charge in [-0.15, -0.1) is 0 Å². The quantitative estimate of drug-likeness (QED) is 0.262. The first-order chi connectivity index (χ1) is 22.7. The zero-order chi connectivity index (χ0) is 32.8. The molecule has 236 valence electrons. The highest BCUT2D eigenvalue weighted by atomic mass is 79.9. The van der Waals surface area contributed by atoms with Crippen molar-refractivity contribution in [1.82, 2.24) is 38.9 Å². The summed E-state index contributed by atoms with van der Waals surface area (Å²) in [4.78, 5) is 57.3. The summed E-state index contributed by atoms with van der Waals surface area (Å²) in [7, 11) is 1.90. The molecule has 0 saturated heterocycles. The highest BCUT2D eigenvalue weighted by Crippen LogP contribution is 2.27. The van der Waals surface area contributed by atoms with Gasteiger partial charge in [0, 0.05) is 54.2 Å². The monoisotopic (exact) mass is 690 g/mol. The van der Waals surface area contributed by atoms with Gasteiger partial charge < -0.3 is 14.8 Å². The van der Waals surface area contributed by atoms with Crippen LogP contribution >= 0.6 is 15.9 Å². The summed E-state index contributed by atoms with van der Waals surface area (Å²) in [5.41, 5.74) is 5.49. The molecule has 3 aromatic carbocycles. The van der Waals surface area contributed by atoms with Crippen LogP contribution in [0, 0.1) is 6.92 Å². The smallest absolute Gasteiger partial charge is 0.333 e. The molecule has 0 unspecified atom stereocenters. The first-order valence-corrected chi connectivity index (χ1v) is 16.0. The number of benzene rings is 3. The predicted molar refractivity (Wildman–Crippen MR) is 181 cm³/mol. The van der Waals surface area contributed by atoms with Gasteiger partial charge in [-0.2, -0.15) is 0 Å². The average molecular weight is 692 g/mol. The number of nitrogens with zero attached hydrogens (tertiary/aromatic N) is 7. The minimum Gasteiger partial charge on any atom is -0.347 e. The van der Waals surface area contributed by atoms with Crippen molar-refractivity contribution < 1.29 is 9.59 Å². The molecule has 12 heteroatoms. The maximum atomic E-state index is 14.3. The van der Waals surface area contributed by atoms with Crippen LogP contribution in [-0.4, -0.2) is 51.4 Å². The van der Waals surface area contributed by atoms with Crippen molar-refractivity contribution in [3.8, 4) is 17.1 Å². The molecular weight excluding hydrogens is 660 g/mol. The zero-order valence-corrected chi connectivity index (χ0v) is 27.6. The van der Waals surface area contributed by atoms with Crippen molar-refractivity contribution in [1.29, 1.82) is 0 Å². The lowest BCUT2D eigenvalue weighted by atomic mass is 10.1. The van der Waals surface area contributed by atoms with Gasteiger partial charge in [0.15, 0.2) is 5.82 Å². The maximum Gasteiger partial charge on any atom is 0.333 e. The SMILES string of the molecule is Cc1cc(C(=O)N2Cc3c(C(=O)NCc4ccccc4-c4ncccn4)n(-c4ccc5c(c4)ncn5C)c(=O)n3C[C@@H]2C)ccc1Br. The van der Waals surface area contributed by atoms with Gasteiger partial charge in [-0.3, -0.25) is 18.7 Å². The Morgan fingerprint density at radius 2 is 1.79 bits per heavy atom. The van der Waals surface area contributed by atoms with E-state index in [0.717, 1.165) is 26.7 Å². The Bertz CT molecular complexity index is 2240. The number of hydrogen-bond donors (Lipinski definition) is 1. The molecule has 1 atom stereocenters. The number of imidazole rings is 2. The van der Waals surface area contributed by atoms with Gasteiger partial charge in [-0.1, -0.05) is 40.2 Å². The van der Waals surface area contributed by atoms with Gasteiger partial charge >= 0.3 is 5.69 Å². The molecule has 11 nitrogen and oxygen atoms in total. The second-order valence-corrected chi connectivity index (χ2v) is 12.6. The van der Waals surface area contributed by atoms with Crippen molar-refractivity contribution >= 4 is 38.8 Å². The van der Waals surface area contributed by atoms with E-state index in [1.807, 2.05) is 74.0 Å². The number of hydrogen-bond acceptors (Lipinski definition) is 6. The second-order valence-electron chi connectivity index (χ2n) is 11.7. The molecule has 6 aromatic rings. The van der Waals surface area contributed by atoms with Crippen molar-refractivity contribution in [3.63, 3.8) is 0 Å². The van der Waals surface area contributed by atoms with Crippen LogP contribution in [0.25, 0.3) is 28.1 Å². The molecule has 47 heavy (non-hydrogen) atoms. The fourth-order valence-electron chi connectivity index (χ4n) is 6.16. The topological polar surface area (TPSA) is 120 Å². The lowest BCUT2D eigenvalue weighted by molar-refractivity contribution is 0.0610. The summed E-state index contributed by atoms with van der Waals surface area (Å²) >= 11 is 3.51. The minimum atomic E-state index is -0.442. The predicted octanol–water partition coefficient (Wildman–Crippen LogP) is 5.03. The van der Waals surface area contributed by atoms with E-state index in [2.05, 4.69) is 36.2 Å². The van der Waals surface area contributed by atoms with Crippen LogP contribution < -0.4 is 11.0 Å². The number of carbonyl (C=O) groups is 2. The molecule has 0 fully saturated rings. The largest absolute Gasteiger partial charge is 0.347 e. The van der Waals surface area contributed by atoms with Crippen molar-refractivity contribution in [2.75, 3.05) is 0 Å². The third-order valence-electron chi connectivity index (χ3n) is 8.66. The Morgan fingerprint density at radius 3 is 2.57 bits per heavy atom. The van der Waals surface area contributed by atoms with Crippen LogP contribution in [-0.2, 0) is 26.7 Å². The molecule has 0 bridgehead atoms. The lowest BCUT2D eigenvalue weighted by Crippen LogP contribution is -2.47. The van der Waals surface area contributed by atoms with Crippen molar-refractivity contribution in [2.24, 2.45) is 7.05 Å². The molecule has 7 rings (SSSR count). The third kappa shape index (κ3) is 5.44. The van der Waals surface area contributed by atoms with E-state index in [0.29, 0.717) is 28.3 Å². The Hall–Kier alpha value is -5.36. The number of rotatable bonds is 6. The number of nitrogens with one attached hydrogen (secondary N) is 1. The van der Waals surface area contributed by atoms with Crippen LogP contribution in [0.1, 0.15) is 44.6 Å². The Labute approximate surface area is 278 Å². The summed E-state index contributed by atoms with van der Waals surface area (Å²) in [6.45, 7) is 4.34. The van der Waals surface area contributed by atoms with Crippen LogP contribution in [0.5, 0.6) is 0 Å². The molecule has 1 aliphatic heterocycles. The normalized spacial score (nSPS) is 14.3. The summed E-state index contributed by atoms with van der Waals surface area (Å²) in [6, 6.07) is 20.0.